The first kappa shape index (κ1) is 10.8. The molecular weight excluding hydrogens is 160 g/mol. The van der Waals surface area contributed by atoms with Crippen LogP contribution in [0.15, 0.2) is 11.6 Å². The lowest BCUT2D eigenvalue weighted by Gasteiger charge is -2.31. The first-order valence-corrected chi connectivity index (χ1v) is 5.39. The quantitative estimate of drug-likeness (QED) is 0.606. The van der Waals surface area contributed by atoms with Gasteiger partial charge in [0.1, 0.15) is 0 Å². The molecule has 0 aromatic carbocycles. The average Bonchev–Trinajstić information content (AvgIpc) is 2.05. The van der Waals surface area contributed by atoms with Crippen molar-refractivity contribution in [2.45, 2.75) is 52.6 Å². The van der Waals surface area contributed by atoms with E-state index in [1.807, 2.05) is 0 Å². The highest BCUT2D eigenvalue weighted by Gasteiger charge is 2.25. The molecule has 1 unspecified atom stereocenters. The molecule has 1 nitrogen and oxygen atoms in total. The van der Waals surface area contributed by atoms with Gasteiger partial charge in [-0.2, -0.15) is 0 Å². The van der Waals surface area contributed by atoms with Gasteiger partial charge in [0.05, 0.1) is 5.60 Å². The SMILES string of the molecule is CCOC(C)(C)C1=CCC(C)CC1. The highest BCUT2D eigenvalue weighted by Crippen LogP contribution is 2.31. The van der Waals surface area contributed by atoms with Crippen LogP contribution in [0.25, 0.3) is 0 Å². The molecule has 1 aliphatic rings. The van der Waals surface area contributed by atoms with Gasteiger partial charge in [-0.3, -0.25) is 0 Å². The number of ether oxygens (including phenoxy) is 1. The second-order valence-electron chi connectivity index (χ2n) is 4.55. The zero-order valence-corrected chi connectivity index (χ0v) is 9.39. The minimum absolute atomic E-state index is 0.0328. The minimum Gasteiger partial charge on any atom is -0.372 e. The van der Waals surface area contributed by atoms with Gasteiger partial charge in [-0.05, 0) is 51.5 Å². The van der Waals surface area contributed by atoms with E-state index in [-0.39, 0.29) is 5.60 Å². The van der Waals surface area contributed by atoms with Gasteiger partial charge in [-0.1, -0.05) is 13.0 Å². The monoisotopic (exact) mass is 182 g/mol. The van der Waals surface area contributed by atoms with Gasteiger partial charge < -0.3 is 4.74 Å². The van der Waals surface area contributed by atoms with Crippen LogP contribution in [0.4, 0.5) is 0 Å². The van der Waals surface area contributed by atoms with E-state index in [2.05, 4.69) is 33.8 Å². The minimum atomic E-state index is -0.0328. The van der Waals surface area contributed by atoms with Crippen molar-refractivity contribution in [3.63, 3.8) is 0 Å². The van der Waals surface area contributed by atoms with E-state index in [4.69, 9.17) is 4.74 Å². The molecule has 0 fully saturated rings. The van der Waals surface area contributed by atoms with Crippen LogP contribution in [0.2, 0.25) is 0 Å². The van der Waals surface area contributed by atoms with E-state index in [1.54, 1.807) is 0 Å². The highest BCUT2D eigenvalue weighted by molar-refractivity contribution is 5.16. The smallest absolute Gasteiger partial charge is 0.0835 e. The maximum Gasteiger partial charge on any atom is 0.0835 e. The third-order valence-electron chi connectivity index (χ3n) is 2.95. The molecular formula is C12H22O. The van der Waals surface area contributed by atoms with Crippen molar-refractivity contribution >= 4 is 0 Å². The van der Waals surface area contributed by atoms with Crippen molar-refractivity contribution in [1.29, 1.82) is 0 Å². The summed E-state index contributed by atoms with van der Waals surface area (Å²) in [4.78, 5) is 0. The lowest BCUT2D eigenvalue weighted by atomic mass is 9.84. The summed E-state index contributed by atoms with van der Waals surface area (Å²) in [5.74, 6) is 0.862. The Morgan fingerprint density at radius 3 is 2.69 bits per heavy atom. The Morgan fingerprint density at radius 2 is 2.23 bits per heavy atom. The summed E-state index contributed by atoms with van der Waals surface area (Å²) >= 11 is 0. The Labute approximate surface area is 82.2 Å². The van der Waals surface area contributed by atoms with E-state index in [1.165, 1.54) is 24.8 Å². The van der Waals surface area contributed by atoms with Crippen molar-refractivity contribution in [1.82, 2.24) is 0 Å². The van der Waals surface area contributed by atoms with E-state index >= 15 is 0 Å². The van der Waals surface area contributed by atoms with Crippen molar-refractivity contribution < 1.29 is 4.74 Å². The van der Waals surface area contributed by atoms with Gasteiger partial charge in [0, 0.05) is 6.61 Å². The fourth-order valence-corrected chi connectivity index (χ4v) is 1.97. The van der Waals surface area contributed by atoms with Gasteiger partial charge in [0.25, 0.3) is 0 Å². The van der Waals surface area contributed by atoms with Crippen LogP contribution in [0.5, 0.6) is 0 Å². The molecule has 0 spiro atoms. The van der Waals surface area contributed by atoms with Gasteiger partial charge in [-0.15, -0.1) is 0 Å². The van der Waals surface area contributed by atoms with Crippen LogP contribution >= 0.6 is 0 Å². The molecule has 0 saturated carbocycles. The van der Waals surface area contributed by atoms with Gasteiger partial charge in [0.15, 0.2) is 0 Å². The molecule has 0 aromatic rings. The van der Waals surface area contributed by atoms with Gasteiger partial charge in [-0.25, -0.2) is 0 Å². The van der Waals surface area contributed by atoms with Crippen molar-refractivity contribution in [2.24, 2.45) is 5.92 Å². The summed E-state index contributed by atoms with van der Waals surface area (Å²) < 4.78 is 5.74. The van der Waals surface area contributed by atoms with Crippen LogP contribution < -0.4 is 0 Å². The lowest BCUT2D eigenvalue weighted by molar-refractivity contribution is 0.0150. The predicted octanol–water partition coefficient (Wildman–Crippen LogP) is 3.55. The summed E-state index contributed by atoms with van der Waals surface area (Å²) in [5.41, 5.74) is 1.46. The largest absolute Gasteiger partial charge is 0.372 e. The second kappa shape index (κ2) is 4.28. The topological polar surface area (TPSA) is 9.23 Å². The van der Waals surface area contributed by atoms with Crippen LogP contribution in [0.1, 0.15) is 47.0 Å². The summed E-state index contributed by atoms with van der Waals surface area (Å²) in [6.07, 6.45) is 6.15. The zero-order chi connectivity index (χ0) is 9.90. The van der Waals surface area contributed by atoms with Crippen LogP contribution in [0, 0.1) is 5.92 Å². The molecule has 1 rings (SSSR count). The van der Waals surface area contributed by atoms with E-state index in [0.29, 0.717) is 0 Å². The number of hydrogen-bond donors (Lipinski definition) is 0. The molecule has 0 N–H and O–H groups in total. The summed E-state index contributed by atoms with van der Waals surface area (Å²) in [7, 11) is 0. The Balaban J connectivity index is 2.60. The number of allylic oxidation sites excluding steroid dienone is 1. The van der Waals surface area contributed by atoms with Crippen LogP contribution in [-0.4, -0.2) is 12.2 Å². The lowest BCUT2D eigenvalue weighted by Crippen LogP contribution is -2.28. The van der Waals surface area contributed by atoms with Crippen molar-refractivity contribution in [3.8, 4) is 0 Å². The molecule has 0 bridgehead atoms. The first-order chi connectivity index (χ1) is 6.06. The van der Waals surface area contributed by atoms with Crippen LogP contribution in [-0.2, 0) is 4.74 Å². The number of rotatable bonds is 3. The average molecular weight is 182 g/mol. The molecule has 0 radical (unpaired) electrons. The van der Waals surface area contributed by atoms with Crippen LogP contribution in [0.3, 0.4) is 0 Å². The molecule has 13 heavy (non-hydrogen) atoms. The van der Waals surface area contributed by atoms with E-state index in [0.717, 1.165) is 12.5 Å². The van der Waals surface area contributed by atoms with E-state index in [9.17, 15) is 0 Å². The van der Waals surface area contributed by atoms with Gasteiger partial charge >= 0.3 is 0 Å². The van der Waals surface area contributed by atoms with Crippen molar-refractivity contribution in [3.05, 3.63) is 11.6 Å². The normalized spacial score (nSPS) is 24.3. The molecule has 1 aliphatic carbocycles. The molecule has 1 atom stereocenters. The molecule has 0 aromatic heterocycles. The summed E-state index contributed by atoms with van der Waals surface area (Å²) in [6, 6.07) is 0. The molecule has 76 valence electrons. The molecule has 0 aliphatic heterocycles. The highest BCUT2D eigenvalue weighted by atomic mass is 16.5. The standard InChI is InChI=1S/C12H22O/c1-5-13-12(3,4)11-8-6-10(2)7-9-11/h8,10H,5-7,9H2,1-4H3. The maximum atomic E-state index is 5.74. The Hall–Kier alpha value is -0.300. The summed E-state index contributed by atoms with van der Waals surface area (Å²) in [5, 5.41) is 0. The number of hydrogen-bond acceptors (Lipinski definition) is 1. The van der Waals surface area contributed by atoms with E-state index < -0.39 is 0 Å². The fraction of sp³-hybridized carbons (Fsp3) is 0.833. The van der Waals surface area contributed by atoms with Gasteiger partial charge in [0.2, 0.25) is 0 Å². The Kier molecular flexibility index (Phi) is 3.55. The Bertz CT molecular complexity index is 191. The fourth-order valence-electron chi connectivity index (χ4n) is 1.97. The zero-order valence-electron chi connectivity index (χ0n) is 9.39. The predicted molar refractivity (Wildman–Crippen MR) is 56.8 cm³/mol. The molecule has 0 amide bonds. The maximum absolute atomic E-state index is 5.74. The molecule has 0 saturated heterocycles. The third-order valence-corrected chi connectivity index (χ3v) is 2.95. The van der Waals surface area contributed by atoms with Crippen molar-refractivity contribution in [2.75, 3.05) is 6.61 Å². The Morgan fingerprint density at radius 1 is 1.54 bits per heavy atom. The molecule has 1 heteroatoms. The summed E-state index contributed by atoms with van der Waals surface area (Å²) in [6.45, 7) is 9.55. The third kappa shape index (κ3) is 2.84. The first-order valence-electron chi connectivity index (χ1n) is 5.39. The molecule has 0 heterocycles. The second-order valence-corrected chi connectivity index (χ2v) is 4.55.